The number of hydrogen-bond acceptors (Lipinski definition) is 4. The highest BCUT2D eigenvalue weighted by molar-refractivity contribution is 5.75. The molecule has 0 aromatic heterocycles. The van der Waals surface area contributed by atoms with Gasteiger partial charge in [-0.2, -0.15) is 0 Å². The Labute approximate surface area is 336 Å². The Bertz CT molecular complexity index is 2090. The molecule has 4 aromatic rings. The topological polar surface area (TPSA) is 29.4 Å². The minimum absolute atomic E-state index is 0.0189. The number of para-hydroxylation sites is 2. The van der Waals surface area contributed by atoms with Gasteiger partial charge in [-0.05, 0) is 118 Å². The van der Waals surface area contributed by atoms with Gasteiger partial charge in [0.15, 0.2) is 0 Å². The van der Waals surface area contributed by atoms with E-state index in [1.54, 1.807) is 7.11 Å². The summed E-state index contributed by atoms with van der Waals surface area (Å²) in [6.45, 7) is 17.5. The Morgan fingerprint density at radius 1 is 0.750 bits per heavy atom. The first-order chi connectivity index (χ1) is 27.1. The van der Waals surface area contributed by atoms with Crippen LogP contribution in [0, 0.1) is 13.8 Å². The van der Waals surface area contributed by atoms with Gasteiger partial charge in [-0.15, -0.1) is 0 Å². The van der Waals surface area contributed by atoms with E-state index in [1.807, 2.05) is 7.11 Å². The maximum Gasteiger partial charge on any atom is 0.135 e. The van der Waals surface area contributed by atoms with Gasteiger partial charge in [-0.25, -0.2) is 0 Å². The Balaban J connectivity index is 1.36. The third-order valence-electron chi connectivity index (χ3n) is 12.4. The van der Waals surface area contributed by atoms with Crippen LogP contribution in [0.5, 0.6) is 0 Å². The molecule has 56 heavy (non-hydrogen) atoms. The molecule has 3 aliphatic rings. The van der Waals surface area contributed by atoms with E-state index in [2.05, 4.69) is 173 Å². The fraction of sp³-hybridized carbons (Fsp3) is 0.373. The maximum atomic E-state index is 5.54. The van der Waals surface area contributed by atoms with E-state index >= 15 is 0 Å². The molecule has 0 bridgehead atoms. The summed E-state index contributed by atoms with van der Waals surface area (Å²) in [7, 11) is 3.61. The highest BCUT2D eigenvalue weighted by Crippen LogP contribution is 2.49. The first-order valence-corrected chi connectivity index (χ1v) is 20.6. The molecule has 1 N–H and O–H groups in total. The summed E-state index contributed by atoms with van der Waals surface area (Å²) in [6.07, 6.45) is 13.8. The van der Waals surface area contributed by atoms with Crippen LogP contribution in [0.15, 0.2) is 144 Å². The average Bonchev–Trinajstić information content (AvgIpc) is 3.75. The molecule has 0 radical (unpaired) electrons. The van der Waals surface area contributed by atoms with E-state index in [4.69, 9.17) is 9.47 Å². The third kappa shape index (κ3) is 7.70. The largest absolute Gasteiger partial charge is 0.385 e. The number of fused-ring (bicyclic) bond motifs is 2. The molecule has 292 valence electrons. The van der Waals surface area contributed by atoms with Crippen LogP contribution in [0.25, 0.3) is 0 Å². The number of ether oxygens (including phenoxy) is 2. The Morgan fingerprint density at radius 2 is 1.38 bits per heavy atom. The van der Waals surface area contributed by atoms with E-state index in [-0.39, 0.29) is 10.8 Å². The molecule has 5 heteroatoms. The molecule has 2 unspecified atom stereocenters. The number of methoxy groups -OCH3 is 2. The molecule has 2 atom stereocenters. The second-order valence-corrected chi connectivity index (χ2v) is 17.0. The molecular formula is C51H62N3O2+. The molecule has 4 aromatic carbocycles. The summed E-state index contributed by atoms with van der Waals surface area (Å²) in [4.78, 5) is 6.57. The van der Waals surface area contributed by atoms with E-state index in [0.29, 0.717) is 6.04 Å². The van der Waals surface area contributed by atoms with Gasteiger partial charge in [0.2, 0.25) is 0 Å². The van der Waals surface area contributed by atoms with Crippen molar-refractivity contribution in [1.29, 1.82) is 0 Å². The first kappa shape index (κ1) is 39.6. The van der Waals surface area contributed by atoms with Crippen LogP contribution >= 0.6 is 0 Å². The summed E-state index contributed by atoms with van der Waals surface area (Å²) in [6, 6.07) is 36.1. The molecule has 0 amide bonds. The minimum atomic E-state index is -0.133. The van der Waals surface area contributed by atoms with E-state index < -0.39 is 0 Å². The van der Waals surface area contributed by atoms with Crippen molar-refractivity contribution >= 4 is 22.7 Å². The second kappa shape index (κ2) is 16.8. The van der Waals surface area contributed by atoms with Gasteiger partial charge in [0.1, 0.15) is 11.7 Å². The zero-order chi connectivity index (χ0) is 39.5. The van der Waals surface area contributed by atoms with Crippen molar-refractivity contribution in [3.63, 3.8) is 0 Å². The van der Waals surface area contributed by atoms with Gasteiger partial charge in [0.05, 0.1) is 24.3 Å². The fourth-order valence-electron chi connectivity index (χ4n) is 9.47. The number of benzene rings is 4. The molecule has 2 aliphatic heterocycles. The number of quaternary nitrogens is 1. The number of rotatable bonds is 14. The Morgan fingerprint density at radius 3 is 2.04 bits per heavy atom. The van der Waals surface area contributed by atoms with Crippen molar-refractivity contribution in [3.8, 4) is 0 Å². The van der Waals surface area contributed by atoms with Crippen molar-refractivity contribution in [1.82, 2.24) is 0 Å². The number of nitrogens with one attached hydrogen (secondary N) is 1. The molecule has 5 nitrogen and oxygen atoms in total. The van der Waals surface area contributed by atoms with Gasteiger partial charge in [-0.1, -0.05) is 91.7 Å². The zero-order valence-electron chi connectivity index (χ0n) is 35.0. The number of anilines is 3. The average molecular weight is 749 g/mol. The van der Waals surface area contributed by atoms with Crippen molar-refractivity contribution in [2.24, 2.45) is 0 Å². The molecule has 7 rings (SSSR count). The number of hydrogen-bond donors (Lipinski definition) is 1. The van der Waals surface area contributed by atoms with Crippen LogP contribution < -0.4 is 14.7 Å². The van der Waals surface area contributed by atoms with Gasteiger partial charge in [0.25, 0.3) is 0 Å². The lowest BCUT2D eigenvalue weighted by molar-refractivity contribution is -0.850. The normalized spacial score (nSPS) is 21.1. The van der Waals surface area contributed by atoms with E-state index in [9.17, 15) is 0 Å². The van der Waals surface area contributed by atoms with Crippen LogP contribution in [0.4, 0.5) is 22.7 Å². The lowest BCUT2D eigenvalue weighted by Crippen LogP contribution is -3.10. The lowest BCUT2D eigenvalue weighted by atomic mass is 9.79. The molecule has 0 spiro atoms. The predicted molar refractivity (Wildman–Crippen MR) is 235 cm³/mol. The lowest BCUT2D eigenvalue weighted by Gasteiger charge is -2.30. The highest BCUT2D eigenvalue weighted by Gasteiger charge is 2.48. The van der Waals surface area contributed by atoms with Crippen molar-refractivity contribution < 1.29 is 14.4 Å². The van der Waals surface area contributed by atoms with Crippen LogP contribution in [0.1, 0.15) is 75.6 Å². The third-order valence-corrected chi connectivity index (χ3v) is 12.4. The van der Waals surface area contributed by atoms with Crippen LogP contribution in [-0.4, -0.2) is 46.6 Å². The van der Waals surface area contributed by atoms with Crippen molar-refractivity contribution in [2.75, 3.05) is 50.3 Å². The fourth-order valence-corrected chi connectivity index (χ4v) is 9.47. The van der Waals surface area contributed by atoms with Crippen LogP contribution in [0.2, 0.25) is 0 Å². The van der Waals surface area contributed by atoms with Crippen LogP contribution in [-0.2, 0) is 20.3 Å². The van der Waals surface area contributed by atoms with Crippen molar-refractivity contribution in [3.05, 3.63) is 166 Å². The number of nitrogens with zero attached hydrogens (tertiary/aromatic N) is 2. The molecule has 0 saturated heterocycles. The van der Waals surface area contributed by atoms with Gasteiger partial charge >= 0.3 is 0 Å². The molecular weight excluding hydrogens is 687 g/mol. The Kier molecular flexibility index (Phi) is 11.9. The highest BCUT2D eigenvalue weighted by atomic mass is 16.5. The summed E-state index contributed by atoms with van der Waals surface area (Å²) in [5, 5.41) is 0. The summed E-state index contributed by atoms with van der Waals surface area (Å²) < 4.78 is 11.1. The molecule has 0 fully saturated rings. The van der Waals surface area contributed by atoms with Crippen molar-refractivity contribution in [2.45, 2.75) is 84.1 Å². The monoisotopic (exact) mass is 748 g/mol. The summed E-state index contributed by atoms with van der Waals surface area (Å²) in [5.41, 5.74) is 15.8. The molecule has 2 heterocycles. The summed E-state index contributed by atoms with van der Waals surface area (Å²) in [5.74, 6) is 0. The van der Waals surface area contributed by atoms with Gasteiger partial charge in [-0.3, -0.25) is 4.90 Å². The predicted octanol–water partition coefficient (Wildman–Crippen LogP) is 10.6. The standard InChI is InChI=1S/C51H61N3O2/c1-37-21-27-45-43(35-37)50(3,4)47(52(45)31-15-33-55-7)29-25-39-23-24-40(49(39)54(41-17-11-9-12-18-41)42-19-13-10-14-20-42)26-30-48-51(5,6)44-36-38(2)22-28-46(44)53(48)32-16-34-56-8/h9-14,17-22,25-30,35-36,47H,15-16,23-24,31-34H2,1-8H3/p+1/b29-25+,40-26+,48-30+. The smallest absolute Gasteiger partial charge is 0.135 e. The van der Waals surface area contributed by atoms with E-state index in [1.165, 1.54) is 72.4 Å². The number of aryl methyl sites for hydroxylation is 2. The summed E-state index contributed by atoms with van der Waals surface area (Å²) >= 11 is 0. The molecule has 1 aliphatic carbocycles. The Hall–Kier alpha value is -4.68. The molecule has 0 saturated carbocycles. The van der Waals surface area contributed by atoms with E-state index in [0.717, 1.165) is 52.0 Å². The second-order valence-electron chi connectivity index (χ2n) is 17.0. The zero-order valence-corrected chi connectivity index (χ0v) is 35.0. The minimum Gasteiger partial charge on any atom is -0.385 e. The quantitative estimate of drug-likeness (QED) is 0.130. The first-order valence-electron chi connectivity index (χ1n) is 20.6. The van der Waals surface area contributed by atoms with Crippen LogP contribution in [0.3, 0.4) is 0 Å². The number of allylic oxidation sites excluding steroid dienone is 6. The van der Waals surface area contributed by atoms with Gasteiger partial charge < -0.3 is 19.3 Å². The SMILES string of the molecule is COCCCN1/C(=C/C=C2\CCC(/C=C/C3[NH+](CCCOC)c4ccc(C)cc4C3(C)C)=C2N(c2ccccc2)c2ccccc2)C(C)(C)c2cc(C)ccc21. The maximum absolute atomic E-state index is 5.54. The van der Waals surface area contributed by atoms with Gasteiger partial charge in [0, 0.05) is 67.5 Å².